The van der Waals surface area contributed by atoms with E-state index in [1.807, 2.05) is 0 Å². The van der Waals surface area contributed by atoms with E-state index in [0.717, 1.165) is 61.5 Å². The number of unbranched alkanes of at least 4 members (excludes halogenated alkanes) is 6. The SMILES string of the molecule is CCCCCCOc1cc(CCN)c(OCCCCCC)cc1CCN. The van der Waals surface area contributed by atoms with E-state index in [4.69, 9.17) is 20.9 Å². The zero-order valence-corrected chi connectivity index (χ0v) is 17.0. The second-order valence-electron chi connectivity index (χ2n) is 6.96. The lowest BCUT2D eigenvalue weighted by molar-refractivity contribution is 0.292. The Balaban J connectivity index is 2.77. The Kier molecular flexibility index (Phi) is 13.0. The number of benzene rings is 1. The van der Waals surface area contributed by atoms with Crippen LogP contribution < -0.4 is 20.9 Å². The van der Waals surface area contributed by atoms with Crippen molar-refractivity contribution in [3.05, 3.63) is 23.3 Å². The molecule has 0 amide bonds. The lowest BCUT2D eigenvalue weighted by Crippen LogP contribution is -2.10. The van der Waals surface area contributed by atoms with E-state index in [1.54, 1.807) is 0 Å². The second-order valence-corrected chi connectivity index (χ2v) is 6.96. The van der Waals surface area contributed by atoms with Crippen LogP contribution in [-0.4, -0.2) is 26.3 Å². The van der Waals surface area contributed by atoms with Crippen molar-refractivity contribution in [2.24, 2.45) is 11.5 Å². The van der Waals surface area contributed by atoms with Gasteiger partial charge in [-0.2, -0.15) is 0 Å². The summed E-state index contributed by atoms with van der Waals surface area (Å²) in [7, 11) is 0. The van der Waals surface area contributed by atoms with Crippen LogP contribution in [-0.2, 0) is 12.8 Å². The summed E-state index contributed by atoms with van der Waals surface area (Å²) < 4.78 is 12.2. The summed E-state index contributed by atoms with van der Waals surface area (Å²) in [5.74, 6) is 1.91. The summed E-state index contributed by atoms with van der Waals surface area (Å²) >= 11 is 0. The molecule has 0 bridgehead atoms. The molecule has 0 heterocycles. The molecule has 0 saturated carbocycles. The first-order valence-corrected chi connectivity index (χ1v) is 10.6. The van der Waals surface area contributed by atoms with E-state index in [2.05, 4.69) is 26.0 Å². The Morgan fingerprint density at radius 2 is 1.08 bits per heavy atom. The second kappa shape index (κ2) is 14.9. The number of hydrogen-bond donors (Lipinski definition) is 2. The summed E-state index contributed by atoms with van der Waals surface area (Å²) in [5, 5.41) is 0. The van der Waals surface area contributed by atoms with E-state index < -0.39 is 0 Å². The minimum atomic E-state index is 0.609. The van der Waals surface area contributed by atoms with Gasteiger partial charge in [-0.15, -0.1) is 0 Å². The molecule has 0 atom stereocenters. The molecule has 0 aliphatic carbocycles. The van der Waals surface area contributed by atoms with Crippen molar-refractivity contribution in [3.8, 4) is 11.5 Å². The number of hydrogen-bond acceptors (Lipinski definition) is 4. The monoisotopic (exact) mass is 364 g/mol. The molecule has 0 aromatic heterocycles. The molecule has 0 unspecified atom stereocenters. The van der Waals surface area contributed by atoms with Gasteiger partial charge >= 0.3 is 0 Å². The first-order valence-electron chi connectivity index (χ1n) is 10.6. The molecule has 0 aliphatic rings. The van der Waals surface area contributed by atoms with Gasteiger partial charge < -0.3 is 20.9 Å². The standard InChI is InChI=1S/C22H40N2O2/c1-3-5-7-9-15-25-21-17-20(12-14-24)22(18-19(21)11-13-23)26-16-10-8-6-4-2/h17-18H,3-16,23-24H2,1-2H3. The highest BCUT2D eigenvalue weighted by Crippen LogP contribution is 2.30. The zero-order chi connectivity index (χ0) is 19.0. The summed E-state index contributed by atoms with van der Waals surface area (Å²) in [6.45, 7) is 7.19. The minimum Gasteiger partial charge on any atom is -0.493 e. The van der Waals surface area contributed by atoms with Gasteiger partial charge in [0.1, 0.15) is 11.5 Å². The number of rotatable bonds is 16. The van der Waals surface area contributed by atoms with Crippen LogP contribution >= 0.6 is 0 Å². The Labute approximate surface area is 160 Å². The van der Waals surface area contributed by atoms with E-state index in [0.29, 0.717) is 13.1 Å². The molecule has 1 rings (SSSR count). The summed E-state index contributed by atoms with van der Waals surface area (Å²) in [6, 6.07) is 4.25. The van der Waals surface area contributed by atoms with E-state index in [9.17, 15) is 0 Å². The fourth-order valence-corrected chi connectivity index (χ4v) is 3.04. The molecule has 150 valence electrons. The molecule has 1 aromatic carbocycles. The van der Waals surface area contributed by atoms with E-state index in [-0.39, 0.29) is 0 Å². The average molecular weight is 365 g/mol. The fraction of sp³-hybridized carbons (Fsp3) is 0.727. The molecule has 0 saturated heterocycles. The Hall–Kier alpha value is -1.26. The molecule has 0 aliphatic heterocycles. The van der Waals surface area contributed by atoms with E-state index in [1.165, 1.54) is 38.5 Å². The van der Waals surface area contributed by atoms with Crippen molar-refractivity contribution in [2.75, 3.05) is 26.3 Å². The van der Waals surface area contributed by atoms with Crippen LogP contribution in [0.15, 0.2) is 12.1 Å². The largest absolute Gasteiger partial charge is 0.493 e. The van der Waals surface area contributed by atoms with Crippen LogP contribution in [0.3, 0.4) is 0 Å². The third kappa shape index (κ3) is 8.91. The Morgan fingerprint density at radius 1 is 0.654 bits per heavy atom. The van der Waals surface area contributed by atoms with Crippen molar-refractivity contribution < 1.29 is 9.47 Å². The van der Waals surface area contributed by atoms with Crippen LogP contribution in [0.1, 0.15) is 76.3 Å². The molecule has 0 radical (unpaired) electrons. The molecule has 4 heteroatoms. The van der Waals surface area contributed by atoms with Crippen LogP contribution in [0.5, 0.6) is 11.5 Å². The van der Waals surface area contributed by atoms with Crippen molar-refractivity contribution >= 4 is 0 Å². The lowest BCUT2D eigenvalue weighted by atomic mass is 10.0. The third-order valence-corrected chi connectivity index (χ3v) is 4.58. The number of nitrogens with two attached hydrogens (primary N) is 2. The zero-order valence-electron chi connectivity index (χ0n) is 17.0. The molecule has 26 heavy (non-hydrogen) atoms. The molecule has 4 N–H and O–H groups in total. The molecule has 1 aromatic rings. The maximum Gasteiger partial charge on any atom is 0.123 e. The summed E-state index contributed by atoms with van der Waals surface area (Å²) in [6.07, 6.45) is 11.3. The highest BCUT2D eigenvalue weighted by atomic mass is 16.5. The third-order valence-electron chi connectivity index (χ3n) is 4.58. The van der Waals surface area contributed by atoms with Gasteiger partial charge in [-0.3, -0.25) is 0 Å². The Morgan fingerprint density at radius 3 is 1.42 bits per heavy atom. The highest BCUT2D eigenvalue weighted by molar-refractivity contribution is 5.47. The quantitative estimate of drug-likeness (QED) is 0.420. The Bertz CT molecular complexity index is 434. The van der Waals surface area contributed by atoms with Crippen molar-refractivity contribution in [2.45, 2.75) is 78.1 Å². The molecule has 0 spiro atoms. The molecular formula is C22H40N2O2. The van der Waals surface area contributed by atoms with Crippen LogP contribution in [0.2, 0.25) is 0 Å². The first-order chi connectivity index (χ1) is 12.8. The maximum absolute atomic E-state index is 6.08. The van der Waals surface area contributed by atoms with Gasteiger partial charge in [-0.05, 0) is 62.0 Å². The first kappa shape index (κ1) is 22.8. The van der Waals surface area contributed by atoms with Crippen LogP contribution in [0.4, 0.5) is 0 Å². The smallest absolute Gasteiger partial charge is 0.123 e. The predicted molar refractivity (Wildman–Crippen MR) is 111 cm³/mol. The van der Waals surface area contributed by atoms with Gasteiger partial charge in [-0.1, -0.05) is 52.4 Å². The summed E-state index contributed by atoms with van der Waals surface area (Å²) in [5.41, 5.74) is 13.9. The molecule has 4 nitrogen and oxygen atoms in total. The fourth-order valence-electron chi connectivity index (χ4n) is 3.04. The van der Waals surface area contributed by atoms with Gasteiger partial charge in [0.15, 0.2) is 0 Å². The van der Waals surface area contributed by atoms with Gasteiger partial charge in [0.2, 0.25) is 0 Å². The van der Waals surface area contributed by atoms with Gasteiger partial charge in [-0.25, -0.2) is 0 Å². The normalized spacial score (nSPS) is 10.9. The van der Waals surface area contributed by atoms with Gasteiger partial charge in [0.05, 0.1) is 13.2 Å². The average Bonchev–Trinajstić information content (AvgIpc) is 2.64. The molecular weight excluding hydrogens is 324 g/mol. The van der Waals surface area contributed by atoms with Gasteiger partial charge in [0.25, 0.3) is 0 Å². The molecule has 0 fully saturated rings. The topological polar surface area (TPSA) is 70.5 Å². The van der Waals surface area contributed by atoms with Crippen molar-refractivity contribution in [1.82, 2.24) is 0 Å². The van der Waals surface area contributed by atoms with Crippen LogP contribution in [0, 0.1) is 0 Å². The maximum atomic E-state index is 6.08. The van der Waals surface area contributed by atoms with Crippen LogP contribution in [0.25, 0.3) is 0 Å². The predicted octanol–water partition coefficient (Wildman–Crippen LogP) is 4.61. The van der Waals surface area contributed by atoms with Crippen molar-refractivity contribution in [1.29, 1.82) is 0 Å². The summed E-state index contributed by atoms with van der Waals surface area (Å²) in [4.78, 5) is 0. The van der Waals surface area contributed by atoms with E-state index >= 15 is 0 Å². The highest BCUT2D eigenvalue weighted by Gasteiger charge is 2.12. The van der Waals surface area contributed by atoms with Gasteiger partial charge in [0, 0.05) is 0 Å². The van der Waals surface area contributed by atoms with Crippen molar-refractivity contribution in [3.63, 3.8) is 0 Å². The lowest BCUT2D eigenvalue weighted by Gasteiger charge is -2.17. The number of ether oxygens (including phenoxy) is 2. The minimum absolute atomic E-state index is 0.609.